The molecule has 1 aliphatic heterocycles. The number of benzene rings is 3. The van der Waals surface area contributed by atoms with Gasteiger partial charge in [-0.15, -0.1) is 0 Å². The Morgan fingerprint density at radius 3 is 1.92 bits per heavy atom. The van der Waals surface area contributed by atoms with Crippen molar-refractivity contribution in [2.24, 2.45) is 0 Å². The summed E-state index contributed by atoms with van der Waals surface area (Å²) in [7, 11) is 0. The fourth-order valence-corrected chi connectivity index (χ4v) is 3.36. The predicted molar refractivity (Wildman–Crippen MR) is 92.8 cm³/mol. The molecule has 5 heteroatoms. The minimum atomic E-state index is -4.55. The van der Waals surface area contributed by atoms with E-state index in [0.717, 1.165) is 0 Å². The van der Waals surface area contributed by atoms with Crippen molar-refractivity contribution in [3.63, 3.8) is 0 Å². The van der Waals surface area contributed by atoms with Gasteiger partial charge in [0.15, 0.2) is 0 Å². The summed E-state index contributed by atoms with van der Waals surface area (Å²) in [5.74, 6) is 0. The highest BCUT2D eigenvalue weighted by Crippen LogP contribution is 2.55. The van der Waals surface area contributed by atoms with E-state index < -0.39 is 11.8 Å². The van der Waals surface area contributed by atoms with Crippen LogP contribution in [0.4, 0.5) is 30.2 Å². The minimum absolute atomic E-state index is 0.141. The lowest BCUT2D eigenvalue weighted by atomic mass is 9.96. The van der Waals surface area contributed by atoms with Crippen LogP contribution in [-0.4, -0.2) is 6.18 Å². The smallest absolute Gasteiger partial charge is 0.349 e. The van der Waals surface area contributed by atoms with E-state index in [1.54, 1.807) is 72.8 Å². The molecular weight excluding hydrogens is 325 g/mol. The molecule has 0 bridgehead atoms. The van der Waals surface area contributed by atoms with Gasteiger partial charge in [-0.25, -0.2) is 0 Å². The number of fused-ring (bicyclic) bond motifs is 1. The third kappa shape index (κ3) is 2.27. The van der Waals surface area contributed by atoms with Gasteiger partial charge in [0.05, 0.1) is 11.4 Å². The molecule has 4 rings (SSSR count). The minimum Gasteiger partial charge on any atom is -0.349 e. The van der Waals surface area contributed by atoms with Gasteiger partial charge in [-0.3, -0.25) is 0 Å². The van der Waals surface area contributed by atoms with E-state index in [1.165, 1.54) is 17.0 Å². The second-order valence-electron chi connectivity index (χ2n) is 5.89. The van der Waals surface area contributed by atoms with E-state index in [-0.39, 0.29) is 5.56 Å². The van der Waals surface area contributed by atoms with E-state index in [0.29, 0.717) is 17.1 Å². The van der Waals surface area contributed by atoms with Crippen molar-refractivity contribution in [3.8, 4) is 0 Å². The average Bonchev–Trinajstić information content (AvgIpc) is 2.99. The lowest BCUT2D eigenvalue weighted by molar-refractivity contribution is -0.178. The first-order valence-corrected chi connectivity index (χ1v) is 7.89. The van der Waals surface area contributed by atoms with Crippen LogP contribution in [0.15, 0.2) is 84.9 Å². The van der Waals surface area contributed by atoms with Gasteiger partial charge in [0.25, 0.3) is 0 Å². The van der Waals surface area contributed by atoms with Crippen molar-refractivity contribution < 1.29 is 13.2 Å². The van der Waals surface area contributed by atoms with Crippen molar-refractivity contribution >= 4 is 17.1 Å². The number of hydrogen-bond donors (Lipinski definition) is 1. The zero-order chi connectivity index (χ0) is 17.5. The van der Waals surface area contributed by atoms with E-state index in [1.807, 2.05) is 0 Å². The van der Waals surface area contributed by atoms with E-state index in [9.17, 15) is 13.2 Å². The second kappa shape index (κ2) is 5.55. The first kappa shape index (κ1) is 15.6. The molecule has 3 aromatic rings. The lowest BCUT2D eigenvalue weighted by Gasteiger charge is -2.41. The monoisotopic (exact) mass is 340 g/mol. The Bertz CT molecular complexity index is 878. The lowest BCUT2D eigenvalue weighted by Crippen LogP contribution is -2.56. The number of alkyl halides is 3. The zero-order valence-corrected chi connectivity index (χ0v) is 13.2. The number of nitrogens with zero attached hydrogens (tertiary/aromatic N) is 1. The van der Waals surface area contributed by atoms with Gasteiger partial charge in [0.2, 0.25) is 5.66 Å². The number of rotatable bonds is 2. The number of hydrogen-bond acceptors (Lipinski definition) is 2. The van der Waals surface area contributed by atoms with Crippen LogP contribution in [0.2, 0.25) is 0 Å². The highest BCUT2D eigenvalue weighted by atomic mass is 19.4. The van der Waals surface area contributed by atoms with Crippen LogP contribution < -0.4 is 10.2 Å². The van der Waals surface area contributed by atoms with Crippen molar-refractivity contribution in [1.82, 2.24) is 0 Å². The molecule has 0 spiro atoms. The van der Waals surface area contributed by atoms with Crippen molar-refractivity contribution in [1.29, 1.82) is 0 Å². The standard InChI is InChI=1S/C20H15F3N2/c21-20(22,23)19(15-9-3-1-4-10-15)24-17-13-7-8-14-18(17)25(19)16-11-5-2-6-12-16/h1-14,24H. The van der Waals surface area contributed by atoms with Crippen LogP contribution in [0.3, 0.4) is 0 Å². The van der Waals surface area contributed by atoms with Crippen LogP contribution in [0.5, 0.6) is 0 Å². The predicted octanol–water partition coefficient (Wildman–Crippen LogP) is 5.67. The van der Waals surface area contributed by atoms with Crippen LogP contribution in [-0.2, 0) is 5.66 Å². The van der Waals surface area contributed by atoms with Gasteiger partial charge in [-0.2, -0.15) is 13.2 Å². The van der Waals surface area contributed by atoms with E-state index in [4.69, 9.17) is 0 Å². The molecule has 3 aromatic carbocycles. The van der Waals surface area contributed by atoms with Gasteiger partial charge < -0.3 is 10.2 Å². The summed E-state index contributed by atoms with van der Waals surface area (Å²) in [6.45, 7) is 0. The molecule has 1 atom stereocenters. The Morgan fingerprint density at radius 2 is 1.28 bits per heavy atom. The summed E-state index contributed by atoms with van der Waals surface area (Å²) >= 11 is 0. The number of para-hydroxylation sites is 3. The first-order valence-electron chi connectivity index (χ1n) is 7.89. The largest absolute Gasteiger partial charge is 0.435 e. The molecule has 1 unspecified atom stereocenters. The SMILES string of the molecule is FC(F)(F)C1(c2ccccc2)Nc2ccccc2N1c1ccccc1. The molecule has 1 heterocycles. The summed E-state index contributed by atoms with van der Waals surface area (Å²) in [6, 6.07) is 23.4. The molecule has 0 radical (unpaired) electrons. The van der Waals surface area contributed by atoms with Crippen LogP contribution in [0.25, 0.3) is 0 Å². The Labute approximate surface area is 143 Å². The average molecular weight is 340 g/mol. The summed E-state index contributed by atoms with van der Waals surface area (Å²) in [6.07, 6.45) is -4.55. The molecule has 0 fully saturated rings. The van der Waals surface area contributed by atoms with Gasteiger partial charge in [-0.05, 0) is 24.3 Å². The highest BCUT2D eigenvalue weighted by Gasteiger charge is 2.64. The number of halogens is 3. The molecule has 0 saturated carbocycles. The summed E-state index contributed by atoms with van der Waals surface area (Å²) in [5, 5.41) is 2.75. The molecule has 0 amide bonds. The van der Waals surface area contributed by atoms with Crippen LogP contribution in [0, 0.1) is 0 Å². The van der Waals surface area contributed by atoms with E-state index >= 15 is 0 Å². The van der Waals surface area contributed by atoms with Crippen LogP contribution in [0.1, 0.15) is 5.56 Å². The summed E-state index contributed by atoms with van der Waals surface area (Å²) in [5.41, 5.74) is -0.801. The van der Waals surface area contributed by atoms with Gasteiger partial charge in [0, 0.05) is 11.3 Å². The molecular formula is C20H15F3N2. The third-order valence-electron chi connectivity index (χ3n) is 4.41. The molecule has 0 aromatic heterocycles. The highest BCUT2D eigenvalue weighted by molar-refractivity contribution is 5.85. The summed E-state index contributed by atoms with van der Waals surface area (Å²) < 4.78 is 43.5. The molecule has 25 heavy (non-hydrogen) atoms. The maximum atomic E-state index is 14.5. The Morgan fingerprint density at radius 1 is 0.720 bits per heavy atom. The van der Waals surface area contributed by atoms with Gasteiger partial charge >= 0.3 is 6.18 Å². The number of nitrogens with one attached hydrogen (secondary N) is 1. The zero-order valence-electron chi connectivity index (χ0n) is 13.2. The van der Waals surface area contributed by atoms with Crippen LogP contribution >= 0.6 is 0 Å². The Hall–Kier alpha value is -2.95. The topological polar surface area (TPSA) is 15.3 Å². The molecule has 2 nitrogen and oxygen atoms in total. The molecule has 126 valence electrons. The maximum Gasteiger partial charge on any atom is 0.435 e. The second-order valence-corrected chi connectivity index (χ2v) is 5.89. The Balaban J connectivity index is 2.03. The van der Waals surface area contributed by atoms with E-state index in [2.05, 4.69) is 5.32 Å². The summed E-state index contributed by atoms with van der Waals surface area (Å²) in [4.78, 5) is 1.33. The fourth-order valence-electron chi connectivity index (χ4n) is 3.36. The molecule has 0 aliphatic carbocycles. The Kier molecular flexibility index (Phi) is 3.46. The maximum absolute atomic E-state index is 14.5. The van der Waals surface area contributed by atoms with Crippen molar-refractivity contribution in [3.05, 3.63) is 90.5 Å². The van der Waals surface area contributed by atoms with Gasteiger partial charge in [0.1, 0.15) is 0 Å². The first-order chi connectivity index (χ1) is 12.0. The fraction of sp³-hybridized carbons (Fsp3) is 0.100. The molecule has 1 aliphatic rings. The molecule has 0 saturated heterocycles. The molecule has 1 N–H and O–H groups in total. The van der Waals surface area contributed by atoms with Crippen molar-refractivity contribution in [2.45, 2.75) is 11.8 Å². The number of anilines is 3. The third-order valence-corrected chi connectivity index (χ3v) is 4.41. The normalized spacial score (nSPS) is 19.4. The van der Waals surface area contributed by atoms with Crippen molar-refractivity contribution in [2.75, 3.05) is 10.2 Å². The van der Waals surface area contributed by atoms with Gasteiger partial charge in [-0.1, -0.05) is 60.7 Å². The quantitative estimate of drug-likeness (QED) is 0.647.